The lowest BCUT2D eigenvalue weighted by molar-refractivity contribution is 0.1000. The normalized spacial score (nSPS) is 11.0. The van der Waals surface area contributed by atoms with Crippen molar-refractivity contribution >= 4 is 5.91 Å². The van der Waals surface area contributed by atoms with Gasteiger partial charge in [-0.05, 0) is 53.4 Å². The molecule has 1 amide bonds. The predicted octanol–water partition coefficient (Wildman–Crippen LogP) is 5.91. The van der Waals surface area contributed by atoms with E-state index in [0.717, 1.165) is 31.8 Å². The van der Waals surface area contributed by atoms with Crippen LogP contribution in [0.5, 0.6) is 17.2 Å². The van der Waals surface area contributed by atoms with Gasteiger partial charge >= 0.3 is 0 Å². The zero-order valence-corrected chi connectivity index (χ0v) is 22.6. The maximum Gasteiger partial charge on any atom is 0.248 e. The number of methoxy groups -OCH3 is 2. The molecule has 202 valence electrons. The molecule has 0 radical (unpaired) electrons. The summed E-state index contributed by atoms with van der Waals surface area (Å²) in [6.07, 6.45) is 0.807. The first-order chi connectivity index (χ1) is 19.1. The first-order valence-electron chi connectivity index (χ1n) is 13.1. The van der Waals surface area contributed by atoms with Crippen molar-refractivity contribution in [2.75, 3.05) is 33.9 Å². The standard InChI is InChI=1S/C33H36N2O4/c1-37-29-16-9-11-25(21-29)23-35(19-10-20-39-31-18-17-28(33(34)36)22-32(31)38-2)24-30(26-12-5-3-6-13-26)27-14-7-4-8-15-27/h3-9,11-18,21-22,30H,10,19-20,23-24H2,1-2H3,(H2,34,36). The molecule has 0 bridgehead atoms. The fraction of sp³-hybridized carbons (Fsp3) is 0.242. The molecule has 4 aromatic carbocycles. The molecule has 6 heteroatoms. The Hall–Kier alpha value is -4.29. The molecule has 4 rings (SSSR count). The first-order valence-corrected chi connectivity index (χ1v) is 13.1. The van der Waals surface area contributed by atoms with E-state index in [0.29, 0.717) is 23.7 Å². The van der Waals surface area contributed by atoms with Crippen LogP contribution in [0, 0.1) is 0 Å². The van der Waals surface area contributed by atoms with Crippen LogP contribution in [0.3, 0.4) is 0 Å². The summed E-state index contributed by atoms with van der Waals surface area (Å²) in [6.45, 7) is 2.96. The predicted molar refractivity (Wildman–Crippen MR) is 155 cm³/mol. The van der Waals surface area contributed by atoms with Gasteiger partial charge in [-0.2, -0.15) is 0 Å². The fourth-order valence-corrected chi connectivity index (χ4v) is 4.71. The minimum atomic E-state index is -0.501. The van der Waals surface area contributed by atoms with Gasteiger partial charge in [0.25, 0.3) is 0 Å². The zero-order valence-electron chi connectivity index (χ0n) is 22.6. The second-order valence-corrected chi connectivity index (χ2v) is 9.39. The van der Waals surface area contributed by atoms with Crippen molar-refractivity contribution in [3.8, 4) is 17.2 Å². The highest BCUT2D eigenvalue weighted by Crippen LogP contribution is 2.29. The number of primary amides is 1. The molecule has 0 aliphatic carbocycles. The monoisotopic (exact) mass is 524 g/mol. The van der Waals surface area contributed by atoms with E-state index < -0.39 is 5.91 Å². The number of carbonyl (C=O) groups is 1. The van der Waals surface area contributed by atoms with E-state index in [1.54, 1.807) is 32.4 Å². The van der Waals surface area contributed by atoms with Gasteiger partial charge < -0.3 is 19.9 Å². The Balaban J connectivity index is 1.50. The Morgan fingerprint density at radius 3 is 2.10 bits per heavy atom. The SMILES string of the molecule is COc1cccc(CN(CCCOc2ccc(C(N)=O)cc2OC)CC(c2ccccc2)c2ccccc2)c1. The number of hydrogen-bond donors (Lipinski definition) is 1. The van der Waals surface area contributed by atoms with Crippen LogP contribution in [0.1, 0.15) is 39.4 Å². The molecule has 0 saturated carbocycles. The molecule has 6 nitrogen and oxygen atoms in total. The summed E-state index contributed by atoms with van der Waals surface area (Å²) in [5.74, 6) is 1.66. The van der Waals surface area contributed by atoms with Gasteiger partial charge in [0.1, 0.15) is 5.75 Å². The highest BCUT2D eigenvalue weighted by Gasteiger charge is 2.19. The molecule has 0 aliphatic heterocycles. The van der Waals surface area contributed by atoms with E-state index in [1.807, 2.05) is 12.1 Å². The molecule has 0 heterocycles. The third-order valence-electron chi connectivity index (χ3n) is 6.71. The first kappa shape index (κ1) is 27.7. The van der Waals surface area contributed by atoms with Gasteiger partial charge in [0, 0.05) is 31.1 Å². The summed E-state index contributed by atoms with van der Waals surface area (Å²) in [6, 6.07) is 34.5. The maximum absolute atomic E-state index is 11.5. The summed E-state index contributed by atoms with van der Waals surface area (Å²) < 4.78 is 16.9. The summed E-state index contributed by atoms with van der Waals surface area (Å²) in [5, 5.41) is 0. The Labute approximate surface area is 230 Å². The molecule has 4 aromatic rings. The van der Waals surface area contributed by atoms with Crippen molar-refractivity contribution in [2.24, 2.45) is 5.73 Å². The van der Waals surface area contributed by atoms with Gasteiger partial charge in [-0.15, -0.1) is 0 Å². The van der Waals surface area contributed by atoms with Crippen LogP contribution in [-0.4, -0.2) is 44.7 Å². The molecular weight excluding hydrogens is 488 g/mol. The smallest absolute Gasteiger partial charge is 0.248 e. The Bertz CT molecular complexity index is 1290. The number of carbonyl (C=O) groups excluding carboxylic acids is 1. The second kappa shape index (κ2) is 14.0. The minimum Gasteiger partial charge on any atom is -0.497 e. The highest BCUT2D eigenvalue weighted by molar-refractivity contribution is 5.93. The van der Waals surface area contributed by atoms with Gasteiger partial charge in [0.15, 0.2) is 11.5 Å². The molecule has 39 heavy (non-hydrogen) atoms. The van der Waals surface area contributed by atoms with Gasteiger partial charge in [0.05, 0.1) is 20.8 Å². The van der Waals surface area contributed by atoms with Crippen molar-refractivity contribution in [3.63, 3.8) is 0 Å². The van der Waals surface area contributed by atoms with Crippen LogP contribution < -0.4 is 19.9 Å². The number of hydrogen-bond acceptors (Lipinski definition) is 5. The van der Waals surface area contributed by atoms with Crippen LogP contribution in [0.4, 0.5) is 0 Å². The van der Waals surface area contributed by atoms with Crippen LogP contribution in [0.25, 0.3) is 0 Å². The average molecular weight is 525 g/mol. The van der Waals surface area contributed by atoms with Crippen molar-refractivity contribution in [1.29, 1.82) is 0 Å². The fourth-order valence-electron chi connectivity index (χ4n) is 4.71. The maximum atomic E-state index is 11.5. The molecule has 0 fully saturated rings. The molecule has 0 aromatic heterocycles. The van der Waals surface area contributed by atoms with Gasteiger partial charge in [0.2, 0.25) is 5.91 Å². The van der Waals surface area contributed by atoms with Gasteiger partial charge in [-0.1, -0.05) is 72.8 Å². The lowest BCUT2D eigenvalue weighted by Crippen LogP contribution is -2.30. The molecule has 2 N–H and O–H groups in total. The number of amides is 1. The van der Waals surface area contributed by atoms with Crippen molar-refractivity contribution < 1.29 is 19.0 Å². The third-order valence-corrected chi connectivity index (χ3v) is 6.71. The Morgan fingerprint density at radius 2 is 1.49 bits per heavy atom. The number of nitrogens with two attached hydrogens (primary N) is 1. The van der Waals surface area contributed by atoms with E-state index in [4.69, 9.17) is 19.9 Å². The number of nitrogens with zero attached hydrogens (tertiary/aromatic N) is 1. The van der Waals surface area contributed by atoms with E-state index in [9.17, 15) is 4.79 Å². The van der Waals surface area contributed by atoms with E-state index in [1.165, 1.54) is 16.7 Å². The van der Waals surface area contributed by atoms with Crippen LogP contribution >= 0.6 is 0 Å². The van der Waals surface area contributed by atoms with Crippen molar-refractivity contribution in [1.82, 2.24) is 4.90 Å². The van der Waals surface area contributed by atoms with E-state index in [2.05, 4.69) is 77.7 Å². The van der Waals surface area contributed by atoms with E-state index in [-0.39, 0.29) is 5.92 Å². The average Bonchev–Trinajstić information content (AvgIpc) is 2.98. The number of ether oxygens (including phenoxy) is 3. The van der Waals surface area contributed by atoms with Crippen LogP contribution in [0.2, 0.25) is 0 Å². The lowest BCUT2D eigenvalue weighted by atomic mass is 9.90. The number of rotatable bonds is 14. The molecule has 0 saturated heterocycles. The van der Waals surface area contributed by atoms with Crippen LogP contribution in [-0.2, 0) is 6.54 Å². The van der Waals surface area contributed by atoms with Crippen molar-refractivity contribution in [3.05, 3.63) is 125 Å². The van der Waals surface area contributed by atoms with Crippen molar-refractivity contribution in [2.45, 2.75) is 18.9 Å². The zero-order chi connectivity index (χ0) is 27.5. The number of benzene rings is 4. The minimum absolute atomic E-state index is 0.223. The molecule has 0 unspecified atom stereocenters. The van der Waals surface area contributed by atoms with Crippen LogP contribution in [0.15, 0.2) is 103 Å². The van der Waals surface area contributed by atoms with Gasteiger partial charge in [-0.25, -0.2) is 0 Å². The summed E-state index contributed by atoms with van der Waals surface area (Å²) in [4.78, 5) is 14.0. The van der Waals surface area contributed by atoms with Gasteiger partial charge in [-0.3, -0.25) is 9.69 Å². The highest BCUT2D eigenvalue weighted by atomic mass is 16.5. The Morgan fingerprint density at radius 1 is 0.795 bits per heavy atom. The summed E-state index contributed by atoms with van der Waals surface area (Å²) in [7, 11) is 3.25. The topological polar surface area (TPSA) is 74.0 Å². The summed E-state index contributed by atoms with van der Waals surface area (Å²) >= 11 is 0. The Kier molecular flexibility index (Phi) is 9.98. The quantitative estimate of drug-likeness (QED) is 0.208. The largest absolute Gasteiger partial charge is 0.497 e. The molecule has 0 aliphatic rings. The molecule has 0 spiro atoms. The molecule has 0 atom stereocenters. The lowest BCUT2D eigenvalue weighted by Gasteiger charge is -2.29. The summed E-state index contributed by atoms with van der Waals surface area (Å²) in [5.41, 5.74) is 9.55. The van der Waals surface area contributed by atoms with E-state index >= 15 is 0 Å². The third kappa shape index (κ3) is 7.85. The molecular formula is C33H36N2O4. The second-order valence-electron chi connectivity index (χ2n) is 9.39.